The number of benzene rings is 1. The molecule has 5 rings (SSSR count). The Morgan fingerprint density at radius 3 is 3.00 bits per heavy atom. The van der Waals surface area contributed by atoms with E-state index in [0.29, 0.717) is 17.0 Å². The molecule has 0 bridgehead atoms. The number of imidazole rings is 1. The lowest BCUT2D eigenvalue weighted by molar-refractivity contribution is 0.310. The van der Waals surface area contributed by atoms with E-state index in [-0.39, 0.29) is 0 Å². The molecule has 1 atom stereocenters. The Bertz CT molecular complexity index is 992. The van der Waals surface area contributed by atoms with Gasteiger partial charge in [-0.25, -0.2) is 9.97 Å². The van der Waals surface area contributed by atoms with Crippen molar-refractivity contribution in [3.63, 3.8) is 0 Å². The van der Waals surface area contributed by atoms with Crippen LogP contribution in [-0.2, 0) is 19.4 Å². The summed E-state index contributed by atoms with van der Waals surface area (Å²) in [7, 11) is 0. The highest BCUT2D eigenvalue weighted by Gasteiger charge is 2.29. The summed E-state index contributed by atoms with van der Waals surface area (Å²) >= 11 is 6.08. The molecule has 0 saturated carbocycles. The first-order valence-corrected chi connectivity index (χ1v) is 10.5. The van der Waals surface area contributed by atoms with Crippen molar-refractivity contribution < 1.29 is 4.42 Å². The molecule has 0 radical (unpaired) electrons. The van der Waals surface area contributed by atoms with Gasteiger partial charge in [-0.1, -0.05) is 17.7 Å². The first-order valence-electron chi connectivity index (χ1n) is 10.2. The molecule has 1 aliphatic heterocycles. The summed E-state index contributed by atoms with van der Waals surface area (Å²) in [6.07, 6.45) is 7.83. The smallest absolute Gasteiger partial charge is 0.226 e. The number of hydrogen-bond donors (Lipinski definition) is 0. The van der Waals surface area contributed by atoms with Crippen LogP contribution in [0.4, 0.5) is 0 Å². The van der Waals surface area contributed by atoms with E-state index in [0.717, 1.165) is 37.3 Å². The number of oxazole rings is 1. The van der Waals surface area contributed by atoms with E-state index in [2.05, 4.69) is 21.4 Å². The highest BCUT2D eigenvalue weighted by atomic mass is 35.5. The Hall–Kier alpha value is -2.11. The van der Waals surface area contributed by atoms with E-state index in [1.807, 2.05) is 24.3 Å². The summed E-state index contributed by atoms with van der Waals surface area (Å²) in [5, 5.41) is 0.693. The second-order valence-corrected chi connectivity index (χ2v) is 8.40. The van der Waals surface area contributed by atoms with E-state index >= 15 is 0 Å². The maximum Gasteiger partial charge on any atom is 0.226 e. The summed E-state index contributed by atoms with van der Waals surface area (Å²) in [5.74, 6) is 1.82. The highest BCUT2D eigenvalue weighted by molar-refractivity contribution is 6.30. The van der Waals surface area contributed by atoms with Crippen LogP contribution < -0.4 is 0 Å². The normalized spacial score (nSPS) is 19.9. The first-order chi connectivity index (χ1) is 13.7. The predicted octanol–water partition coefficient (Wildman–Crippen LogP) is 4.83. The largest absolute Gasteiger partial charge is 0.444 e. The van der Waals surface area contributed by atoms with Crippen molar-refractivity contribution in [3.05, 3.63) is 58.5 Å². The minimum absolute atomic E-state index is 0.522. The van der Waals surface area contributed by atoms with E-state index in [9.17, 15) is 0 Å². The Morgan fingerprint density at radius 1 is 1.21 bits per heavy atom. The van der Waals surface area contributed by atoms with Crippen molar-refractivity contribution >= 4 is 11.6 Å². The van der Waals surface area contributed by atoms with E-state index in [1.54, 1.807) is 6.26 Å². The van der Waals surface area contributed by atoms with Crippen molar-refractivity contribution in [2.45, 2.75) is 51.6 Å². The van der Waals surface area contributed by atoms with Crippen LogP contribution in [0.1, 0.15) is 48.2 Å². The molecule has 28 heavy (non-hydrogen) atoms. The lowest BCUT2D eigenvalue weighted by Gasteiger charge is -2.21. The molecule has 1 aliphatic carbocycles. The van der Waals surface area contributed by atoms with Crippen LogP contribution in [0.2, 0.25) is 5.02 Å². The van der Waals surface area contributed by atoms with Crippen molar-refractivity contribution in [2.24, 2.45) is 0 Å². The molecule has 0 N–H and O–H groups in total. The maximum atomic E-state index is 6.08. The summed E-state index contributed by atoms with van der Waals surface area (Å²) in [6, 6.07) is 8.15. The zero-order valence-electron chi connectivity index (χ0n) is 16.2. The van der Waals surface area contributed by atoms with Gasteiger partial charge in [0.05, 0.1) is 11.4 Å². The van der Waals surface area contributed by atoms with Crippen LogP contribution in [-0.4, -0.2) is 32.5 Å². The second-order valence-electron chi connectivity index (χ2n) is 7.96. The second kappa shape index (κ2) is 7.37. The molecule has 1 fully saturated rings. The van der Waals surface area contributed by atoms with Crippen LogP contribution in [0.5, 0.6) is 0 Å². The molecule has 2 aliphatic rings. The molecule has 2 aromatic heterocycles. The Morgan fingerprint density at radius 2 is 2.11 bits per heavy atom. The number of hydrogen-bond acceptors (Lipinski definition) is 4. The molecular weight excluding hydrogens is 372 g/mol. The summed E-state index contributed by atoms with van der Waals surface area (Å²) < 4.78 is 8.22. The van der Waals surface area contributed by atoms with Gasteiger partial charge in [-0.15, -0.1) is 0 Å². The molecule has 0 spiro atoms. The highest BCUT2D eigenvalue weighted by Crippen LogP contribution is 2.31. The van der Waals surface area contributed by atoms with Gasteiger partial charge in [-0.2, -0.15) is 0 Å². The van der Waals surface area contributed by atoms with Crippen molar-refractivity contribution in [1.29, 1.82) is 0 Å². The average Bonchev–Trinajstić information content (AvgIpc) is 3.40. The number of likely N-dealkylation sites (tertiary alicyclic amines) is 1. The van der Waals surface area contributed by atoms with Gasteiger partial charge in [-0.3, -0.25) is 4.90 Å². The van der Waals surface area contributed by atoms with Gasteiger partial charge in [0.1, 0.15) is 12.1 Å². The lowest BCUT2D eigenvalue weighted by atomic mass is 10.0. The Kier molecular flexibility index (Phi) is 4.73. The lowest BCUT2D eigenvalue weighted by Crippen LogP contribution is -2.23. The molecule has 3 aromatic rings. The van der Waals surface area contributed by atoms with E-state index in [4.69, 9.17) is 21.0 Å². The van der Waals surface area contributed by atoms with Crippen LogP contribution in [0, 0.1) is 6.92 Å². The van der Waals surface area contributed by atoms with Gasteiger partial charge >= 0.3 is 0 Å². The molecule has 3 heterocycles. The SMILES string of the molecule is Cc1nc2c(n1[C@H]1CCN(Cc3coc(-c4cccc(Cl)c4)n3)C1)CCCC2. The van der Waals surface area contributed by atoms with Crippen LogP contribution in [0.3, 0.4) is 0 Å². The minimum atomic E-state index is 0.522. The third-order valence-corrected chi connectivity index (χ3v) is 6.20. The Labute approximate surface area is 170 Å². The number of aromatic nitrogens is 3. The fraction of sp³-hybridized carbons (Fsp3) is 0.455. The standard InChI is InChI=1S/C22H25ClN4O/c1-15-24-20-7-2-3-8-21(20)27(15)19-9-10-26(13-19)12-18-14-28-22(25-18)16-5-4-6-17(23)11-16/h4-6,11,14,19H,2-3,7-10,12-13H2,1H3/t19-/m0/s1. The number of aryl methyl sites for hydroxylation is 2. The number of nitrogens with zero attached hydrogens (tertiary/aromatic N) is 4. The van der Waals surface area contributed by atoms with Gasteiger partial charge in [0.15, 0.2) is 0 Å². The summed E-state index contributed by atoms with van der Waals surface area (Å²) in [5.41, 5.74) is 4.71. The summed E-state index contributed by atoms with van der Waals surface area (Å²) in [4.78, 5) is 12.0. The van der Waals surface area contributed by atoms with Crippen molar-refractivity contribution in [1.82, 2.24) is 19.4 Å². The molecule has 1 aromatic carbocycles. The minimum Gasteiger partial charge on any atom is -0.444 e. The molecule has 0 unspecified atom stereocenters. The zero-order valence-corrected chi connectivity index (χ0v) is 17.0. The predicted molar refractivity (Wildman–Crippen MR) is 109 cm³/mol. The van der Waals surface area contributed by atoms with Crippen LogP contribution >= 0.6 is 11.6 Å². The van der Waals surface area contributed by atoms with Crippen LogP contribution in [0.15, 0.2) is 34.9 Å². The van der Waals surface area contributed by atoms with Crippen molar-refractivity contribution in [2.75, 3.05) is 13.1 Å². The van der Waals surface area contributed by atoms with Crippen molar-refractivity contribution in [3.8, 4) is 11.5 Å². The molecule has 146 valence electrons. The van der Waals surface area contributed by atoms with E-state index < -0.39 is 0 Å². The monoisotopic (exact) mass is 396 g/mol. The third-order valence-electron chi connectivity index (χ3n) is 5.97. The third kappa shape index (κ3) is 3.38. The quantitative estimate of drug-likeness (QED) is 0.634. The average molecular weight is 397 g/mol. The number of rotatable bonds is 4. The number of halogens is 1. The molecule has 5 nitrogen and oxygen atoms in total. The maximum absolute atomic E-state index is 6.08. The van der Waals surface area contributed by atoms with Gasteiger partial charge in [0, 0.05) is 42.0 Å². The Balaban J connectivity index is 1.28. The molecule has 1 saturated heterocycles. The fourth-order valence-corrected chi connectivity index (χ4v) is 4.90. The molecule has 0 amide bonds. The fourth-order valence-electron chi connectivity index (χ4n) is 4.71. The molecule has 6 heteroatoms. The first kappa shape index (κ1) is 18.0. The zero-order chi connectivity index (χ0) is 19.1. The van der Waals surface area contributed by atoms with Crippen LogP contribution in [0.25, 0.3) is 11.5 Å². The number of fused-ring (bicyclic) bond motifs is 1. The van der Waals surface area contributed by atoms with Gasteiger partial charge in [-0.05, 0) is 57.2 Å². The van der Waals surface area contributed by atoms with Gasteiger partial charge in [0.2, 0.25) is 5.89 Å². The topological polar surface area (TPSA) is 47.1 Å². The van der Waals surface area contributed by atoms with Gasteiger partial charge in [0.25, 0.3) is 0 Å². The van der Waals surface area contributed by atoms with E-state index in [1.165, 1.54) is 42.9 Å². The molecular formula is C22H25ClN4O. The van der Waals surface area contributed by atoms with Gasteiger partial charge < -0.3 is 8.98 Å². The summed E-state index contributed by atoms with van der Waals surface area (Å²) in [6.45, 7) is 5.10.